The summed E-state index contributed by atoms with van der Waals surface area (Å²) in [5.74, 6) is -0.0334. The molecule has 108 valence electrons. The summed E-state index contributed by atoms with van der Waals surface area (Å²) in [6.45, 7) is 4.03. The van der Waals surface area contributed by atoms with Gasteiger partial charge in [0.1, 0.15) is 0 Å². The predicted molar refractivity (Wildman–Crippen MR) is 89.1 cm³/mol. The minimum atomic E-state index is -0.0334. The molecule has 0 saturated heterocycles. The molecule has 2 aromatic carbocycles. The summed E-state index contributed by atoms with van der Waals surface area (Å²) >= 11 is 6.18. The van der Waals surface area contributed by atoms with E-state index in [1.807, 2.05) is 49.4 Å². The van der Waals surface area contributed by atoms with E-state index in [1.165, 1.54) is 11.6 Å². The van der Waals surface area contributed by atoms with Gasteiger partial charge in [0, 0.05) is 17.8 Å². The molecule has 0 amide bonds. The number of rotatable bonds is 5. The Bertz CT molecular complexity index is 659. The number of carbonyl (C=O) groups excluding carboxylic acids is 1. The van der Waals surface area contributed by atoms with Gasteiger partial charge in [-0.3, -0.25) is 4.79 Å². The average molecular weight is 300 g/mol. The molecule has 0 fully saturated rings. The Labute approximate surface area is 130 Å². The molecule has 0 aliphatic carbocycles. The van der Waals surface area contributed by atoms with Gasteiger partial charge in [-0.1, -0.05) is 54.9 Å². The van der Waals surface area contributed by atoms with E-state index >= 15 is 0 Å². The van der Waals surface area contributed by atoms with Crippen LogP contribution >= 0.6 is 11.6 Å². The molecular weight excluding hydrogens is 282 g/mol. The number of aryl methyl sites for hydroxylation is 2. The molecule has 0 heterocycles. The largest absolute Gasteiger partial charge is 0.360 e. The van der Waals surface area contributed by atoms with Gasteiger partial charge >= 0.3 is 0 Å². The van der Waals surface area contributed by atoms with Crippen LogP contribution in [0.4, 0.5) is 5.69 Å². The molecule has 1 N–H and O–H groups in total. The number of anilines is 1. The van der Waals surface area contributed by atoms with Gasteiger partial charge in [-0.2, -0.15) is 0 Å². The number of hydrogen-bond acceptors (Lipinski definition) is 2. The average Bonchev–Trinajstić information content (AvgIpc) is 2.51. The molecule has 0 radical (unpaired) electrons. The van der Waals surface area contributed by atoms with E-state index in [1.54, 1.807) is 6.20 Å². The summed E-state index contributed by atoms with van der Waals surface area (Å²) in [6, 6.07) is 13.4. The highest BCUT2D eigenvalue weighted by molar-refractivity contribution is 6.34. The summed E-state index contributed by atoms with van der Waals surface area (Å²) < 4.78 is 0. The van der Waals surface area contributed by atoms with Crippen LogP contribution in [-0.4, -0.2) is 5.78 Å². The fraction of sp³-hybridized carbons (Fsp3) is 0.167. The molecule has 0 bridgehead atoms. The number of hydrogen-bond donors (Lipinski definition) is 1. The van der Waals surface area contributed by atoms with Crippen LogP contribution in [0.5, 0.6) is 0 Å². The van der Waals surface area contributed by atoms with Crippen molar-refractivity contribution in [2.45, 2.75) is 20.3 Å². The number of benzene rings is 2. The molecule has 0 aromatic heterocycles. The van der Waals surface area contributed by atoms with Gasteiger partial charge in [0.15, 0.2) is 5.78 Å². The maximum atomic E-state index is 12.0. The highest BCUT2D eigenvalue weighted by atomic mass is 35.5. The Morgan fingerprint density at radius 2 is 1.90 bits per heavy atom. The van der Waals surface area contributed by atoms with Crippen LogP contribution < -0.4 is 5.32 Å². The highest BCUT2D eigenvalue weighted by Gasteiger charge is 2.02. The number of carbonyl (C=O) groups is 1. The predicted octanol–water partition coefficient (Wildman–Crippen LogP) is 5.02. The molecule has 3 heteroatoms. The van der Waals surface area contributed by atoms with E-state index in [0.29, 0.717) is 10.6 Å². The lowest BCUT2D eigenvalue weighted by atomic mass is 10.1. The second-order valence-electron chi connectivity index (χ2n) is 4.83. The lowest BCUT2D eigenvalue weighted by molar-refractivity contribution is 0.104. The maximum Gasteiger partial charge on any atom is 0.187 e. The minimum Gasteiger partial charge on any atom is -0.360 e. The fourth-order valence-electron chi connectivity index (χ4n) is 1.97. The van der Waals surface area contributed by atoms with Crippen molar-refractivity contribution in [1.29, 1.82) is 0 Å². The first-order chi connectivity index (χ1) is 10.1. The lowest BCUT2D eigenvalue weighted by Gasteiger charge is -2.05. The van der Waals surface area contributed by atoms with Crippen molar-refractivity contribution >= 4 is 23.1 Å². The van der Waals surface area contributed by atoms with Crippen molar-refractivity contribution in [2.24, 2.45) is 0 Å². The van der Waals surface area contributed by atoms with Crippen molar-refractivity contribution in [3.8, 4) is 0 Å². The molecule has 0 spiro atoms. The Balaban J connectivity index is 2.03. The van der Waals surface area contributed by atoms with Gasteiger partial charge in [0.2, 0.25) is 0 Å². The summed E-state index contributed by atoms with van der Waals surface area (Å²) in [5, 5.41) is 3.71. The van der Waals surface area contributed by atoms with Crippen LogP contribution in [-0.2, 0) is 6.42 Å². The zero-order chi connectivity index (χ0) is 15.2. The minimum absolute atomic E-state index is 0.0334. The maximum absolute atomic E-state index is 12.0. The fourth-order valence-corrected chi connectivity index (χ4v) is 2.15. The van der Waals surface area contributed by atoms with Crippen molar-refractivity contribution < 1.29 is 4.79 Å². The molecule has 2 nitrogen and oxygen atoms in total. The number of ketones is 1. The zero-order valence-electron chi connectivity index (χ0n) is 12.2. The second-order valence-corrected chi connectivity index (χ2v) is 5.21. The van der Waals surface area contributed by atoms with Gasteiger partial charge < -0.3 is 5.32 Å². The summed E-state index contributed by atoms with van der Waals surface area (Å²) in [6.07, 6.45) is 4.11. The monoisotopic (exact) mass is 299 g/mol. The summed E-state index contributed by atoms with van der Waals surface area (Å²) in [5.41, 5.74) is 3.69. The normalized spacial score (nSPS) is 10.8. The first kappa shape index (κ1) is 15.3. The zero-order valence-corrected chi connectivity index (χ0v) is 12.9. The molecular formula is C18H18ClNO. The molecule has 2 aromatic rings. The smallest absolute Gasteiger partial charge is 0.187 e. The molecule has 0 saturated carbocycles. The number of halogens is 1. The molecule has 0 aliphatic rings. The van der Waals surface area contributed by atoms with Crippen molar-refractivity contribution in [1.82, 2.24) is 0 Å². The third kappa shape index (κ3) is 3.96. The van der Waals surface area contributed by atoms with Gasteiger partial charge in [-0.25, -0.2) is 0 Å². The van der Waals surface area contributed by atoms with Gasteiger partial charge in [-0.15, -0.1) is 0 Å². The van der Waals surface area contributed by atoms with E-state index in [-0.39, 0.29) is 5.78 Å². The van der Waals surface area contributed by atoms with Crippen LogP contribution in [0.1, 0.15) is 28.4 Å². The number of allylic oxidation sites excluding steroid dienone is 1. The second kappa shape index (κ2) is 7.09. The molecule has 0 aliphatic heterocycles. The van der Waals surface area contributed by atoms with E-state index in [4.69, 9.17) is 11.6 Å². The molecule has 2 rings (SSSR count). The number of nitrogens with one attached hydrogen (secondary N) is 1. The quantitative estimate of drug-likeness (QED) is 0.620. The molecule has 21 heavy (non-hydrogen) atoms. The van der Waals surface area contributed by atoms with E-state index < -0.39 is 0 Å². The van der Waals surface area contributed by atoms with Crippen LogP contribution in [0.25, 0.3) is 0 Å². The molecule has 0 atom stereocenters. The Morgan fingerprint density at radius 3 is 2.57 bits per heavy atom. The summed E-state index contributed by atoms with van der Waals surface area (Å²) in [4.78, 5) is 12.0. The van der Waals surface area contributed by atoms with Crippen LogP contribution in [0.3, 0.4) is 0 Å². The van der Waals surface area contributed by atoms with Crippen LogP contribution in [0.2, 0.25) is 5.02 Å². The Hall–Kier alpha value is -2.06. The summed E-state index contributed by atoms with van der Waals surface area (Å²) in [7, 11) is 0. The van der Waals surface area contributed by atoms with Gasteiger partial charge in [0.05, 0.1) is 10.7 Å². The Kier molecular flexibility index (Phi) is 5.18. The van der Waals surface area contributed by atoms with Crippen molar-refractivity contribution in [3.63, 3.8) is 0 Å². The van der Waals surface area contributed by atoms with Crippen LogP contribution in [0.15, 0.2) is 54.7 Å². The Morgan fingerprint density at radius 1 is 1.19 bits per heavy atom. The lowest BCUT2D eigenvalue weighted by Crippen LogP contribution is -1.97. The standard InChI is InChI=1S/C18H18ClNO/c1-3-14-7-9-15(10-8-14)17(21)11-12-20-16-6-4-5-13(2)18(16)19/h4-12,20H,3H2,1-2H3/b12-11+. The van der Waals surface area contributed by atoms with Gasteiger partial charge in [0.25, 0.3) is 0 Å². The first-order valence-corrected chi connectivity index (χ1v) is 7.31. The van der Waals surface area contributed by atoms with Crippen LogP contribution in [0, 0.1) is 6.92 Å². The van der Waals surface area contributed by atoms with Crippen molar-refractivity contribution in [2.75, 3.05) is 5.32 Å². The van der Waals surface area contributed by atoms with E-state index in [0.717, 1.165) is 17.7 Å². The highest BCUT2D eigenvalue weighted by Crippen LogP contribution is 2.24. The first-order valence-electron chi connectivity index (χ1n) is 6.93. The van der Waals surface area contributed by atoms with E-state index in [2.05, 4.69) is 12.2 Å². The third-order valence-electron chi connectivity index (χ3n) is 3.31. The SMILES string of the molecule is CCc1ccc(C(=O)/C=C/Nc2cccc(C)c2Cl)cc1. The van der Waals surface area contributed by atoms with Gasteiger partial charge in [-0.05, 0) is 30.5 Å². The van der Waals surface area contributed by atoms with E-state index in [9.17, 15) is 4.79 Å². The third-order valence-corrected chi connectivity index (χ3v) is 3.81. The van der Waals surface area contributed by atoms with Crippen molar-refractivity contribution in [3.05, 3.63) is 76.5 Å². The molecule has 0 unspecified atom stereocenters. The topological polar surface area (TPSA) is 29.1 Å².